The summed E-state index contributed by atoms with van der Waals surface area (Å²) >= 11 is 0. The molecule has 0 saturated heterocycles. The quantitative estimate of drug-likeness (QED) is 0.505. The van der Waals surface area contributed by atoms with Gasteiger partial charge in [-0.3, -0.25) is 4.79 Å². The highest BCUT2D eigenvalue weighted by Gasteiger charge is 2.01. The number of hydrogen-bond acceptors (Lipinski definition) is 2. The molecule has 3 nitrogen and oxygen atoms in total. The Morgan fingerprint density at radius 2 is 2.07 bits per heavy atom. The molecule has 3 heteroatoms. The van der Waals surface area contributed by atoms with E-state index in [1.165, 1.54) is 0 Å². The van der Waals surface area contributed by atoms with Crippen LogP contribution < -0.4 is 5.32 Å². The van der Waals surface area contributed by atoms with E-state index in [0.29, 0.717) is 6.42 Å². The molecule has 1 N–H and O–H groups in total. The van der Waals surface area contributed by atoms with Gasteiger partial charge in [0.05, 0.1) is 0 Å². The Hall–Kier alpha value is -1.01. The molecule has 0 aromatic rings. The van der Waals surface area contributed by atoms with E-state index in [-0.39, 0.29) is 5.91 Å². The molecule has 0 aliphatic carbocycles. The van der Waals surface area contributed by atoms with Crippen LogP contribution in [0.25, 0.3) is 0 Å². The molecule has 1 amide bonds. The molecule has 0 aliphatic heterocycles. The number of hydrogen-bond donors (Lipinski definition) is 1. The van der Waals surface area contributed by atoms with Crippen LogP contribution in [0.3, 0.4) is 0 Å². The van der Waals surface area contributed by atoms with Gasteiger partial charge in [0, 0.05) is 33.5 Å². The normalized spacial score (nSPS) is 9.07. The van der Waals surface area contributed by atoms with E-state index in [1.807, 2.05) is 6.92 Å². The minimum Gasteiger partial charge on any atom is -0.349 e. The number of nitrogens with zero attached hydrogens (tertiary/aromatic N) is 1. The lowest BCUT2D eigenvalue weighted by Crippen LogP contribution is -2.23. The third-order valence-electron chi connectivity index (χ3n) is 1.85. The highest BCUT2D eigenvalue weighted by atomic mass is 16.2. The summed E-state index contributed by atoms with van der Waals surface area (Å²) < 4.78 is 0. The highest BCUT2D eigenvalue weighted by molar-refractivity contribution is 5.75. The molecule has 0 spiro atoms. The fourth-order valence-corrected chi connectivity index (χ4v) is 0.989. The molecule has 0 fully saturated rings. The largest absolute Gasteiger partial charge is 0.349 e. The summed E-state index contributed by atoms with van der Waals surface area (Å²) in [6, 6.07) is 0. The van der Waals surface area contributed by atoms with E-state index in [1.54, 1.807) is 19.0 Å². The summed E-state index contributed by atoms with van der Waals surface area (Å²) in [5.74, 6) is 6.01. The Kier molecular flexibility index (Phi) is 7.96. The van der Waals surface area contributed by atoms with Gasteiger partial charge in [-0.15, -0.1) is 11.8 Å². The van der Waals surface area contributed by atoms with Crippen LogP contribution in [-0.4, -0.2) is 38.0 Å². The molecule has 0 aromatic heterocycles. The van der Waals surface area contributed by atoms with E-state index in [2.05, 4.69) is 17.2 Å². The van der Waals surface area contributed by atoms with Crippen LogP contribution in [0.15, 0.2) is 0 Å². The van der Waals surface area contributed by atoms with Crippen molar-refractivity contribution >= 4 is 5.91 Å². The Bertz CT molecular complexity index is 213. The van der Waals surface area contributed by atoms with Crippen LogP contribution in [-0.2, 0) is 4.79 Å². The lowest BCUT2D eigenvalue weighted by atomic mass is 10.3. The molecule has 0 aromatic carbocycles. The molecule has 80 valence electrons. The van der Waals surface area contributed by atoms with E-state index in [4.69, 9.17) is 0 Å². The van der Waals surface area contributed by atoms with E-state index >= 15 is 0 Å². The third kappa shape index (κ3) is 7.63. The van der Waals surface area contributed by atoms with Crippen molar-refractivity contribution in [1.29, 1.82) is 0 Å². The minimum absolute atomic E-state index is 0.195. The molecule has 0 aliphatic rings. The summed E-state index contributed by atoms with van der Waals surface area (Å²) in [4.78, 5) is 12.8. The molecular weight excluding hydrogens is 176 g/mol. The fraction of sp³-hybridized carbons (Fsp3) is 0.727. The van der Waals surface area contributed by atoms with Gasteiger partial charge in [-0.05, 0) is 19.9 Å². The zero-order valence-corrected chi connectivity index (χ0v) is 9.39. The van der Waals surface area contributed by atoms with Gasteiger partial charge in [-0.1, -0.05) is 0 Å². The standard InChI is InChI=1S/C11H20N2O/c1-4-5-6-9-12-10-7-8-11(14)13(2)3/h12H,6-10H2,1-3H3. The van der Waals surface area contributed by atoms with Gasteiger partial charge in [0.1, 0.15) is 0 Å². The van der Waals surface area contributed by atoms with Crippen molar-refractivity contribution in [3.05, 3.63) is 0 Å². The molecule has 0 bridgehead atoms. The van der Waals surface area contributed by atoms with Crippen molar-refractivity contribution in [2.75, 3.05) is 27.2 Å². The van der Waals surface area contributed by atoms with E-state index in [0.717, 1.165) is 25.9 Å². The predicted molar refractivity (Wildman–Crippen MR) is 58.9 cm³/mol. The minimum atomic E-state index is 0.195. The summed E-state index contributed by atoms with van der Waals surface area (Å²) in [6.45, 7) is 3.65. The molecule has 0 heterocycles. The molecule has 0 atom stereocenters. The molecule has 0 rings (SSSR count). The van der Waals surface area contributed by atoms with Gasteiger partial charge in [-0.2, -0.15) is 0 Å². The average Bonchev–Trinajstić information content (AvgIpc) is 2.16. The maximum atomic E-state index is 11.2. The van der Waals surface area contributed by atoms with Crippen LogP contribution in [0.5, 0.6) is 0 Å². The molecule has 0 unspecified atom stereocenters. The summed E-state index contributed by atoms with van der Waals surface area (Å²) in [5.41, 5.74) is 0. The lowest BCUT2D eigenvalue weighted by Gasteiger charge is -2.09. The Labute approximate surface area is 86.9 Å². The summed E-state index contributed by atoms with van der Waals surface area (Å²) in [5, 5.41) is 3.24. The van der Waals surface area contributed by atoms with Crippen molar-refractivity contribution < 1.29 is 4.79 Å². The molecule has 0 radical (unpaired) electrons. The van der Waals surface area contributed by atoms with E-state index < -0.39 is 0 Å². The first-order valence-electron chi connectivity index (χ1n) is 4.99. The van der Waals surface area contributed by atoms with Gasteiger partial charge < -0.3 is 10.2 Å². The number of carbonyl (C=O) groups excluding carboxylic acids is 1. The summed E-state index contributed by atoms with van der Waals surface area (Å²) in [6.07, 6.45) is 2.41. The smallest absolute Gasteiger partial charge is 0.222 e. The summed E-state index contributed by atoms with van der Waals surface area (Å²) in [7, 11) is 3.57. The van der Waals surface area contributed by atoms with Crippen LogP contribution in [0.2, 0.25) is 0 Å². The van der Waals surface area contributed by atoms with Crippen molar-refractivity contribution in [2.24, 2.45) is 0 Å². The van der Waals surface area contributed by atoms with Gasteiger partial charge in [-0.25, -0.2) is 0 Å². The molecule has 0 saturated carbocycles. The maximum absolute atomic E-state index is 11.2. The SMILES string of the molecule is CC#CCCNCCCC(=O)N(C)C. The van der Waals surface area contributed by atoms with Crippen molar-refractivity contribution in [3.63, 3.8) is 0 Å². The number of rotatable bonds is 6. The van der Waals surface area contributed by atoms with Gasteiger partial charge in [0.15, 0.2) is 0 Å². The first kappa shape index (κ1) is 13.0. The van der Waals surface area contributed by atoms with Crippen LogP contribution in [0.4, 0.5) is 0 Å². The average molecular weight is 196 g/mol. The topological polar surface area (TPSA) is 32.3 Å². The fourth-order valence-electron chi connectivity index (χ4n) is 0.989. The van der Waals surface area contributed by atoms with E-state index in [9.17, 15) is 4.79 Å². The molecule has 14 heavy (non-hydrogen) atoms. The second-order valence-corrected chi connectivity index (χ2v) is 3.32. The third-order valence-corrected chi connectivity index (χ3v) is 1.85. The number of amides is 1. The highest BCUT2D eigenvalue weighted by Crippen LogP contribution is 1.91. The van der Waals surface area contributed by atoms with Crippen molar-refractivity contribution in [3.8, 4) is 11.8 Å². The Morgan fingerprint density at radius 3 is 2.64 bits per heavy atom. The first-order valence-corrected chi connectivity index (χ1v) is 4.99. The van der Waals surface area contributed by atoms with Crippen LogP contribution in [0.1, 0.15) is 26.2 Å². The van der Waals surface area contributed by atoms with Crippen LogP contribution >= 0.6 is 0 Å². The second-order valence-electron chi connectivity index (χ2n) is 3.32. The Balaban J connectivity index is 3.20. The van der Waals surface area contributed by atoms with Gasteiger partial charge in [0.25, 0.3) is 0 Å². The van der Waals surface area contributed by atoms with Crippen molar-refractivity contribution in [2.45, 2.75) is 26.2 Å². The van der Waals surface area contributed by atoms with Gasteiger partial charge in [0.2, 0.25) is 5.91 Å². The van der Waals surface area contributed by atoms with Crippen LogP contribution in [0, 0.1) is 11.8 Å². The molecular formula is C11H20N2O. The second kappa shape index (κ2) is 8.58. The monoisotopic (exact) mass is 196 g/mol. The zero-order valence-electron chi connectivity index (χ0n) is 9.39. The predicted octanol–water partition coefficient (Wildman–Crippen LogP) is 0.858. The first-order chi connectivity index (χ1) is 6.68. The maximum Gasteiger partial charge on any atom is 0.222 e. The van der Waals surface area contributed by atoms with Gasteiger partial charge >= 0.3 is 0 Å². The number of carbonyl (C=O) groups is 1. The lowest BCUT2D eigenvalue weighted by molar-refractivity contribution is -0.128. The van der Waals surface area contributed by atoms with Crippen molar-refractivity contribution in [1.82, 2.24) is 10.2 Å². The Morgan fingerprint density at radius 1 is 1.36 bits per heavy atom. The number of nitrogens with one attached hydrogen (secondary N) is 1. The zero-order chi connectivity index (χ0) is 10.8.